The molecule has 0 radical (unpaired) electrons. The van der Waals surface area contributed by atoms with Gasteiger partial charge < -0.3 is 10.1 Å². The summed E-state index contributed by atoms with van der Waals surface area (Å²) in [6, 6.07) is 9.13. The Morgan fingerprint density at radius 1 is 1.24 bits per heavy atom. The maximum absolute atomic E-state index is 12.1. The van der Waals surface area contributed by atoms with E-state index in [1.165, 1.54) is 0 Å². The van der Waals surface area contributed by atoms with Crippen molar-refractivity contribution in [1.82, 2.24) is 24.9 Å². The van der Waals surface area contributed by atoms with Gasteiger partial charge in [-0.2, -0.15) is 10.2 Å². The van der Waals surface area contributed by atoms with Crippen LogP contribution in [0.15, 0.2) is 53.4 Å². The van der Waals surface area contributed by atoms with Crippen LogP contribution in [0.5, 0.6) is 5.75 Å². The van der Waals surface area contributed by atoms with Crippen LogP contribution in [0.4, 0.5) is 0 Å². The Kier molecular flexibility index (Phi) is 5.72. The predicted molar refractivity (Wildman–Crippen MR) is 96.6 cm³/mol. The summed E-state index contributed by atoms with van der Waals surface area (Å²) in [4.78, 5) is 12.1. The number of hydrogen-bond donors (Lipinski definition) is 1. The molecule has 1 amide bonds. The largest absolute Gasteiger partial charge is 0.471 e. The number of halogens is 2. The highest BCUT2D eigenvalue weighted by Crippen LogP contribution is 2.16. The first kappa shape index (κ1) is 17.5. The third-order valence-electron chi connectivity index (χ3n) is 3.28. The van der Waals surface area contributed by atoms with Crippen LogP contribution in [-0.2, 0) is 13.3 Å². The molecule has 0 aliphatic rings. The van der Waals surface area contributed by atoms with Crippen molar-refractivity contribution in [2.75, 3.05) is 6.54 Å². The van der Waals surface area contributed by atoms with Crippen molar-refractivity contribution in [2.45, 2.75) is 13.3 Å². The summed E-state index contributed by atoms with van der Waals surface area (Å²) in [5.74, 6) is 0.475. The summed E-state index contributed by atoms with van der Waals surface area (Å²) in [5, 5.41) is 11.6. The minimum absolute atomic E-state index is 0.223. The number of benzene rings is 1. The van der Waals surface area contributed by atoms with Gasteiger partial charge in [0.2, 0.25) is 0 Å². The quantitative estimate of drug-likeness (QED) is 0.633. The summed E-state index contributed by atoms with van der Waals surface area (Å²) in [5.41, 5.74) is 0.331. The van der Waals surface area contributed by atoms with Gasteiger partial charge in [0.05, 0.1) is 17.8 Å². The zero-order valence-corrected chi connectivity index (χ0v) is 15.4. The van der Waals surface area contributed by atoms with E-state index in [1.54, 1.807) is 34.0 Å². The molecule has 0 fully saturated rings. The second kappa shape index (κ2) is 8.17. The molecule has 130 valence electrons. The van der Waals surface area contributed by atoms with Gasteiger partial charge in [0.1, 0.15) is 11.4 Å². The third-order valence-corrected chi connectivity index (χ3v) is 4.00. The number of nitrogens with one attached hydrogen (secondary N) is 1. The highest BCUT2D eigenvalue weighted by Gasteiger charge is 2.09. The molecule has 1 N–H and O–H groups in total. The molecular formula is C16H15BrClN5O2. The van der Waals surface area contributed by atoms with E-state index in [-0.39, 0.29) is 12.6 Å². The average molecular weight is 425 g/mol. The number of nitrogens with zero attached hydrogens (tertiary/aromatic N) is 4. The lowest BCUT2D eigenvalue weighted by atomic mass is 10.3. The van der Waals surface area contributed by atoms with Gasteiger partial charge in [0.25, 0.3) is 5.91 Å². The van der Waals surface area contributed by atoms with Crippen LogP contribution in [0.1, 0.15) is 10.5 Å². The molecule has 25 heavy (non-hydrogen) atoms. The minimum Gasteiger partial charge on any atom is -0.471 e. The zero-order valence-electron chi connectivity index (χ0n) is 13.1. The van der Waals surface area contributed by atoms with E-state index in [1.807, 2.05) is 24.3 Å². The van der Waals surface area contributed by atoms with Gasteiger partial charge in [0.15, 0.2) is 6.73 Å². The molecule has 0 aliphatic heterocycles. The molecular weight excluding hydrogens is 410 g/mol. The second-order valence-electron chi connectivity index (χ2n) is 5.15. The number of aromatic nitrogens is 4. The summed E-state index contributed by atoms with van der Waals surface area (Å²) in [7, 11) is 0. The first-order chi connectivity index (χ1) is 12.1. The average Bonchev–Trinajstić information content (AvgIpc) is 3.23. The van der Waals surface area contributed by atoms with Gasteiger partial charge in [-0.25, -0.2) is 4.68 Å². The number of carbonyl (C=O) groups is 1. The van der Waals surface area contributed by atoms with Crippen LogP contribution in [0.2, 0.25) is 5.02 Å². The lowest BCUT2D eigenvalue weighted by Gasteiger charge is -2.06. The highest BCUT2D eigenvalue weighted by molar-refractivity contribution is 9.10. The molecule has 3 rings (SSSR count). The summed E-state index contributed by atoms with van der Waals surface area (Å²) < 4.78 is 9.81. The number of amides is 1. The van der Waals surface area contributed by atoms with Gasteiger partial charge in [0, 0.05) is 23.4 Å². The maximum Gasteiger partial charge on any atom is 0.271 e. The highest BCUT2D eigenvalue weighted by atomic mass is 79.9. The van der Waals surface area contributed by atoms with Crippen molar-refractivity contribution in [3.05, 3.63) is 64.1 Å². The Labute approximate surface area is 157 Å². The van der Waals surface area contributed by atoms with Crippen LogP contribution in [0.25, 0.3) is 0 Å². The van der Waals surface area contributed by atoms with E-state index in [2.05, 4.69) is 31.4 Å². The van der Waals surface area contributed by atoms with E-state index >= 15 is 0 Å². The lowest BCUT2D eigenvalue weighted by molar-refractivity contribution is 0.0945. The normalized spacial score (nSPS) is 10.6. The molecule has 0 aliphatic carbocycles. The van der Waals surface area contributed by atoms with Crippen molar-refractivity contribution in [1.29, 1.82) is 0 Å². The summed E-state index contributed by atoms with van der Waals surface area (Å²) in [6.45, 7) is 1.19. The Bertz CT molecular complexity index is 846. The predicted octanol–water partition coefficient (Wildman–Crippen LogP) is 2.96. The van der Waals surface area contributed by atoms with E-state index < -0.39 is 0 Å². The molecule has 0 spiro atoms. The molecule has 0 atom stereocenters. The summed E-state index contributed by atoms with van der Waals surface area (Å²) in [6.07, 6.45) is 4.94. The molecule has 2 heterocycles. The monoisotopic (exact) mass is 423 g/mol. The number of carbonyl (C=O) groups excluding carboxylic acids is 1. The molecule has 7 nitrogen and oxygen atoms in total. The van der Waals surface area contributed by atoms with E-state index in [0.29, 0.717) is 23.8 Å². The molecule has 0 bridgehead atoms. The Hall–Kier alpha value is -2.32. The van der Waals surface area contributed by atoms with E-state index in [9.17, 15) is 4.79 Å². The first-order valence-electron chi connectivity index (χ1n) is 7.48. The van der Waals surface area contributed by atoms with Crippen molar-refractivity contribution < 1.29 is 9.53 Å². The Morgan fingerprint density at radius 3 is 2.76 bits per heavy atom. The SMILES string of the molecule is O=C(NCCn1cc(Cl)cn1)c1ccn(COc2ccc(Br)cc2)n1. The van der Waals surface area contributed by atoms with Crippen LogP contribution in [0, 0.1) is 0 Å². The molecule has 3 aromatic rings. The fraction of sp³-hybridized carbons (Fsp3) is 0.188. The first-order valence-corrected chi connectivity index (χ1v) is 8.65. The van der Waals surface area contributed by atoms with E-state index in [0.717, 1.165) is 10.2 Å². The van der Waals surface area contributed by atoms with Crippen molar-refractivity contribution >= 4 is 33.4 Å². The van der Waals surface area contributed by atoms with Crippen LogP contribution in [0.3, 0.4) is 0 Å². The van der Waals surface area contributed by atoms with Crippen molar-refractivity contribution in [3.8, 4) is 5.75 Å². The van der Waals surface area contributed by atoms with Gasteiger partial charge in [-0.15, -0.1) is 0 Å². The molecule has 0 saturated carbocycles. The van der Waals surface area contributed by atoms with Crippen LogP contribution in [-0.4, -0.2) is 32.0 Å². The molecule has 1 aromatic carbocycles. The molecule has 0 saturated heterocycles. The van der Waals surface area contributed by atoms with Gasteiger partial charge in [-0.05, 0) is 30.3 Å². The smallest absolute Gasteiger partial charge is 0.271 e. The molecule has 2 aromatic heterocycles. The zero-order chi connectivity index (χ0) is 17.6. The Morgan fingerprint density at radius 2 is 2.04 bits per heavy atom. The second-order valence-corrected chi connectivity index (χ2v) is 6.50. The molecule has 0 unspecified atom stereocenters. The van der Waals surface area contributed by atoms with Crippen LogP contribution >= 0.6 is 27.5 Å². The lowest BCUT2D eigenvalue weighted by Crippen LogP contribution is -2.27. The van der Waals surface area contributed by atoms with E-state index in [4.69, 9.17) is 16.3 Å². The summed E-state index contributed by atoms with van der Waals surface area (Å²) >= 11 is 9.15. The van der Waals surface area contributed by atoms with Gasteiger partial charge in [-0.1, -0.05) is 27.5 Å². The number of rotatable bonds is 7. The number of hydrogen-bond acceptors (Lipinski definition) is 4. The van der Waals surface area contributed by atoms with Crippen LogP contribution < -0.4 is 10.1 Å². The topological polar surface area (TPSA) is 74.0 Å². The van der Waals surface area contributed by atoms with Gasteiger partial charge >= 0.3 is 0 Å². The maximum atomic E-state index is 12.1. The minimum atomic E-state index is -0.249. The molecule has 9 heteroatoms. The number of ether oxygens (including phenoxy) is 1. The fourth-order valence-electron chi connectivity index (χ4n) is 2.06. The Balaban J connectivity index is 1.46. The van der Waals surface area contributed by atoms with Gasteiger partial charge in [-0.3, -0.25) is 9.48 Å². The third kappa shape index (κ3) is 5.07. The van der Waals surface area contributed by atoms with Crippen molar-refractivity contribution in [2.24, 2.45) is 0 Å². The van der Waals surface area contributed by atoms with Crippen molar-refractivity contribution in [3.63, 3.8) is 0 Å². The fourth-order valence-corrected chi connectivity index (χ4v) is 2.48. The standard InChI is InChI=1S/C16H15BrClN5O2/c17-12-1-3-14(4-2-12)25-11-23-7-5-15(21-23)16(24)19-6-8-22-10-13(18)9-20-22/h1-5,7,9-10H,6,8,11H2,(H,19,24).